The molecule has 0 bridgehead atoms. The Morgan fingerprint density at radius 1 is 0.773 bits per heavy atom. The highest BCUT2D eigenvalue weighted by Crippen LogP contribution is 2.39. The molecule has 0 spiro atoms. The zero-order valence-electron chi connectivity index (χ0n) is 15.1. The zero-order valence-corrected chi connectivity index (χ0v) is 15.1. The van der Waals surface area contributed by atoms with Gasteiger partial charge in [0.2, 0.25) is 0 Å². The topological polar surface area (TPSA) is 0 Å². The van der Waals surface area contributed by atoms with Crippen molar-refractivity contribution < 1.29 is 0 Å². The fraction of sp³-hybridized carbons (Fsp3) is 0.429. The van der Waals surface area contributed by atoms with Crippen LogP contribution in [0.4, 0.5) is 0 Å². The Balaban J connectivity index is 2.13. The smallest absolute Gasteiger partial charge is 0.0807 e. The molecule has 0 radical (unpaired) electrons. The van der Waals surface area contributed by atoms with Crippen LogP contribution in [0.1, 0.15) is 63.8 Å². The summed E-state index contributed by atoms with van der Waals surface area (Å²) >= 11 is 0. The van der Waals surface area contributed by atoms with Crippen molar-refractivity contribution in [3.05, 3.63) is 52.6 Å². The Hall–Kier alpha value is -1.50. The van der Waals surface area contributed by atoms with E-state index in [-0.39, 0.29) is 10.8 Å². The van der Waals surface area contributed by atoms with Crippen molar-refractivity contribution in [1.82, 2.24) is 0 Å². The number of fused-ring (bicyclic) bond motifs is 3. The van der Waals surface area contributed by atoms with E-state index in [0.29, 0.717) is 0 Å². The van der Waals surface area contributed by atoms with Gasteiger partial charge in [-0.15, -0.1) is 0 Å². The van der Waals surface area contributed by atoms with Gasteiger partial charge < -0.3 is 0 Å². The third kappa shape index (κ3) is 2.51. The van der Waals surface area contributed by atoms with Crippen LogP contribution >= 0.6 is 0 Å². The number of benzene rings is 2. The lowest BCUT2D eigenvalue weighted by Crippen LogP contribution is -2.17. The molecule has 3 rings (SSSR count). The summed E-state index contributed by atoms with van der Waals surface area (Å²) in [6, 6.07) is 11.9. The number of rotatable bonds is 0. The van der Waals surface area contributed by atoms with E-state index in [1.807, 2.05) is 0 Å². The van der Waals surface area contributed by atoms with Crippen molar-refractivity contribution in [3.63, 3.8) is 0 Å². The highest BCUT2D eigenvalue weighted by molar-refractivity contribution is 6.36. The van der Waals surface area contributed by atoms with Gasteiger partial charge in [0.15, 0.2) is 0 Å². The van der Waals surface area contributed by atoms with Crippen molar-refractivity contribution in [3.8, 4) is 11.1 Å². The summed E-state index contributed by atoms with van der Waals surface area (Å²) in [5.74, 6) is 0. The molecular formula is C21H27B. The minimum atomic E-state index is 0.213. The fourth-order valence-corrected chi connectivity index (χ4v) is 3.47. The SMILES string of the molecule is Bc1cc(C(C)(C)C)cc2c1-c1ccc(C(C)(C)C)cc1C2. The average molecular weight is 290 g/mol. The highest BCUT2D eigenvalue weighted by atomic mass is 14.3. The van der Waals surface area contributed by atoms with Crippen LogP contribution in [0.3, 0.4) is 0 Å². The van der Waals surface area contributed by atoms with Crippen molar-refractivity contribution in [2.45, 2.75) is 58.8 Å². The summed E-state index contributed by atoms with van der Waals surface area (Å²) in [5.41, 5.74) is 10.7. The Labute approximate surface area is 136 Å². The molecule has 1 aliphatic rings. The lowest BCUT2D eigenvalue weighted by Gasteiger charge is -2.22. The Morgan fingerprint density at radius 3 is 1.95 bits per heavy atom. The minimum Gasteiger partial charge on any atom is -0.0807 e. The van der Waals surface area contributed by atoms with E-state index < -0.39 is 0 Å². The zero-order chi connectivity index (χ0) is 16.3. The molecule has 114 valence electrons. The second-order valence-electron chi connectivity index (χ2n) is 8.88. The molecule has 2 aromatic carbocycles. The Kier molecular flexibility index (Phi) is 3.32. The average Bonchev–Trinajstić information content (AvgIpc) is 2.74. The molecule has 0 heterocycles. The van der Waals surface area contributed by atoms with E-state index >= 15 is 0 Å². The van der Waals surface area contributed by atoms with E-state index in [9.17, 15) is 0 Å². The van der Waals surface area contributed by atoms with Crippen LogP contribution in [0, 0.1) is 0 Å². The molecule has 1 heteroatoms. The van der Waals surface area contributed by atoms with Gasteiger partial charge >= 0.3 is 0 Å². The Morgan fingerprint density at radius 2 is 1.36 bits per heavy atom. The molecule has 1 aliphatic carbocycles. The van der Waals surface area contributed by atoms with Gasteiger partial charge in [-0.2, -0.15) is 0 Å². The molecule has 0 aliphatic heterocycles. The van der Waals surface area contributed by atoms with Crippen molar-refractivity contribution in [2.75, 3.05) is 0 Å². The predicted molar refractivity (Wildman–Crippen MR) is 100 cm³/mol. The van der Waals surface area contributed by atoms with E-state index in [0.717, 1.165) is 6.42 Å². The van der Waals surface area contributed by atoms with Crippen LogP contribution in [0.25, 0.3) is 11.1 Å². The van der Waals surface area contributed by atoms with E-state index in [1.54, 1.807) is 0 Å². The fourth-order valence-electron chi connectivity index (χ4n) is 3.47. The lowest BCUT2D eigenvalue weighted by molar-refractivity contribution is 0.589. The van der Waals surface area contributed by atoms with Crippen LogP contribution < -0.4 is 5.46 Å². The maximum atomic E-state index is 2.43. The molecule has 0 atom stereocenters. The molecular weight excluding hydrogens is 263 g/mol. The first-order valence-corrected chi connectivity index (χ1v) is 8.35. The summed E-state index contributed by atoms with van der Waals surface area (Å²) in [7, 11) is 2.26. The molecule has 0 fully saturated rings. The summed E-state index contributed by atoms with van der Waals surface area (Å²) in [5, 5.41) is 0. The standard InChI is InChI=1S/C21H27B/c1-20(2,3)15-7-8-17-13(10-15)9-14-11-16(21(4,5)6)12-18(22)19(14)17/h7-8,10-12H,9,22H2,1-6H3. The molecule has 22 heavy (non-hydrogen) atoms. The van der Waals surface area contributed by atoms with Crippen LogP contribution in [-0.2, 0) is 17.3 Å². The molecule has 0 N–H and O–H groups in total. The molecule has 0 saturated heterocycles. The van der Waals surface area contributed by atoms with Gasteiger partial charge in [-0.05, 0) is 50.6 Å². The van der Waals surface area contributed by atoms with Crippen LogP contribution in [0.2, 0.25) is 0 Å². The maximum Gasteiger partial charge on any atom is 0.140 e. The largest absolute Gasteiger partial charge is 0.140 e. The first-order valence-electron chi connectivity index (χ1n) is 8.35. The lowest BCUT2D eigenvalue weighted by atomic mass is 9.78. The van der Waals surface area contributed by atoms with Gasteiger partial charge in [-0.25, -0.2) is 0 Å². The molecule has 0 unspecified atom stereocenters. The van der Waals surface area contributed by atoms with E-state index in [1.165, 1.54) is 38.8 Å². The van der Waals surface area contributed by atoms with Crippen molar-refractivity contribution >= 4 is 13.3 Å². The second kappa shape index (κ2) is 4.75. The van der Waals surface area contributed by atoms with Gasteiger partial charge in [-0.3, -0.25) is 0 Å². The quantitative estimate of drug-likeness (QED) is 0.547. The Bertz CT molecular complexity index is 740. The second-order valence-corrected chi connectivity index (χ2v) is 8.88. The van der Waals surface area contributed by atoms with Crippen LogP contribution in [0.15, 0.2) is 30.3 Å². The third-order valence-corrected chi connectivity index (χ3v) is 4.90. The predicted octanol–water partition coefficient (Wildman–Crippen LogP) is 4.11. The summed E-state index contributed by atoms with van der Waals surface area (Å²) < 4.78 is 0. The molecule has 2 aromatic rings. The number of hydrogen-bond donors (Lipinski definition) is 0. The third-order valence-electron chi connectivity index (χ3n) is 4.90. The van der Waals surface area contributed by atoms with Crippen molar-refractivity contribution in [2.24, 2.45) is 0 Å². The molecule has 0 amide bonds. The highest BCUT2D eigenvalue weighted by Gasteiger charge is 2.25. The normalized spacial score (nSPS) is 13.9. The van der Waals surface area contributed by atoms with Gasteiger partial charge in [0.25, 0.3) is 0 Å². The molecule has 0 aromatic heterocycles. The minimum absolute atomic E-state index is 0.213. The monoisotopic (exact) mass is 290 g/mol. The molecule has 0 saturated carbocycles. The van der Waals surface area contributed by atoms with E-state index in [4.69, 9.17) is 0 Å². The first-order chi connectivity index (χ1) is 10.1. The van der Waals surface area contributed by atoms with Crippen molar-refractivity contribution in [1.29, 1.82) is 0 Å². The summed E-state index contributed by atoms with van der Waals surface area (Å²) in [6.07, 6.45) is 1.08. The van der Waals surface area contributed by atoms with Gasteiger partial charge in [0.1, 0.15) is 7.85 Å². The summed E-state index contributed by atoms with van der Waals surface area (Å²) in [4.78, 5) is 0. The van der Waals surface area contributed by atoms with E-state index in [2.05, 4.69) is 79.7 Å². The maximum absolute atomic E-state index is 2.43. The number of hydrogen-bond acceptors (Lipinski definition) is 0. The van der Waals surface area contributed by atoms with Gasteiger partial charge in [0, 0.05) is 0 Å². The van der Waals surface area contributed by atoms with Crippen LogP contribution in [0.5, 0.6) is 0 Å². The molecule has 0 nitrogen and oxygen atoms in total. The van der Waals surface area contributed by atoms with Gasteiger partial charge in [0.05, 0.1) is 0 Å². The summed E-state index contributed by atoms with van der Waals surface area (Å²) in [6.45, 7) is 13.8. The van der Waals surface area contributed by atoms with Gasteiger partial charge in [-0.1, -0.05) is 77.3 Å². The van der Waals surface area contributed by atoms with Crippen LogP contribution in [-0.4, -0.2) is 7.85 Å². The first kappa shape index (κ1) is 15.4.